The summed E-state index contributed by atoms with van der Waals surface area (Å²) in [7, 11) is 0. The average molecular weight is 254 g/mol. The first-order valence-electron chi connectivity index (χ1n) is 7.71. The van der Waals surface area contributed by atoms with Gasteiger partial charge in [0, 0.05) is 11.1 Å². The van der Waals surface area contributed by atoms with Crippen molar-refractivity contribution in [2.24, 2.45) is 0 Å². The van der Waals surface area contributed by atoms with Crippen molar-refractivity contribution in [1.29, 1.82) is 0 Å². The van der Waals surface area contributed by atoms with Gasteiger partial charge in [0.25, 0.3) is 0 Å². The van der Waals surface area contributed by atoms with Crippen molar-refractivity contribution in [1.82, 2.24) is 9.80 Å². The molecule has 0 bridgehead atoms. The lowest BCUT2D eigenvalue weighted by Gasteiger charge is -2.31. The summed E-state index contributed by atoms with van der Waals surface area (Å²) in [5.74, 6) is 0. The fourth-order valence-corrected chi connectivity index (χ4v) is 2.78. The van der Waals surface area contributed by atoms with Crippen LogP contribution in [-0.4, -0.2) is 47.1 Å². The summed E-state index contributed by atoms with van der Waals surface area (Å²) >= 11 is 0. The Labute approximate surface area is 115 Å². The van der Waals surface area contributed by atoms with Crippen LogP contribution in [0.5, 0.6) is 0 Å². The van der Waals surface area contributed by atoms with E-state index < -0.39 is 0 Å². The number of likely N-dealkylation sites (tertiary alicyclic amines) is 2. The van der Waals surface area contributed by atoms with Crippen LogP contribution >= 0.6 is 0 Å². The maximum absolute atomic E-state index is 2.55. The van der Waals surface area contributed by atoms with Gasteiger partial charge in [0.1, 0.15) is 0 Å². The second-order valence-corrected chi connectivity index (χ2v) is 7.73. The molecule has 2 nitrogen and oxygen atoms in total. The number of hydrogen-bond acceptors (Lipinski definition) is 2. The van der Waals surface area contributed by atoms with Gasteiger partial charge in [-0.25, -0.2) is 0 Å². The molecule has 2 saturated heterocycles. The van der Waals surface area contributed by atoms with Gasteiger partial charge >= 0.3 is 0 Å². The van der Waals surface area contributed by atoms with Crippen molar-refractivity contribution in [3.05, 3.63) is 0 Å². The van der Waals surface area contributed by atoms with Crippen LogP contribution < -0.4 is 0 Å². The number of rotatable bonds is 0. The zero-order valence-electron chi connectivity index (χ0n) is 13.6. The summed E-state index contributed by atoms with van der Waals surface area (Å²) in [6, 6.07) is 0. The molecule has 0 spiro atoms. The highest BCUT2D eigenvalue weighted by Gasteiger charge is 2.24. The Morgan fingerprint density at radius 3 is 0.833 bits per heavy atom. The van der Waals surface area contributed by atoms with Crippen molar-refractivity contribution in [3.8, 4) is 0 Å². The molecule has 0 amide bonds. The third kappa shape index (κ3) is 5.27. The average Bonchev–Trinajstić information content (AvgIpc) is 2.91. The Kier molecular flexibility index (Phi) is 5.67. The number of nitrogens with zero attached hydrogens (tertiary/aromatic N) is 2. The minimum Gasteiger partial charge on any atom is -0.298 e. The van der Waals surface area contributed by atoms with E-state index in [1.165, 1.54) is 51.9 Å². The van der Waals surface area contributed by atoms with E-state index in [0.29, 0.717) is 11.1 Å². The Morgan fingerprint density at radius 1 is 0.500 bits per heavy atom. The summed E-state index contributed by atoms with van der Waals surface area (Å²) in [5, 5.41) is 0. The standard InChI is InChI=1S/2C8H17N/c2*1-8(2,3)9-6-4-5-7-9/h2*4-7H2,1-3H3. The Balaban J connectivity index is 0.000000180. The number of hydrogen-bond donors (Lipinski definition) is 0. The van der Waals surface area contributed by atoms with Gasteiger partial charge in [-0.05, 0) is 93.4 Å². The summed E-state index contributed by atoms with van der Waals surface area (Å²) in [6.07, 6.45) is 5.60. The van der Waals surface area contributed by atoms with Crippen molar-refractivity contribution < 1.29 is 0 Å². The molecule has 0 atom stereocenters. The predicted molar refractivity (Wildman–Crippen MR) is 81.1 cm³/mol. The SMILES string of the molecule is CC(C)(C)N1CCCC1.CC(C)(C)N1CCCC1. The van der Waals surface area contributed by atoms with E-state index in [4.69, 9.17) is 0 Å². The van der Waals surface area contributed by atoms with Gasteiger partial charge in [-0.2, -0.15) is 0 Å². The fourth-order valence-electron chi connectivity index (χ4n) is 2.78. The Morgan fingerprint density at radius 2 is 0.722 bits per heavy atom. The zero-order chi connectivity index (χ0) is 13.8. The third-order valence-electron chi connectivity index (χ3n) is 4.11. The predicted octanol–water partition coefficient (Wildman–Crippen LogP) is 3.76. The van der Waals surface area contributed by atoms with E-state index in [0.717, 1.165) is 0 Å². The lowest BCUT2D eigenvalue weighted by atomic mass is 10.1. The second-order valence-electron chi connectivity index (χ2n) is 7.73. The molecule has 2 fully saturated rings. The molecule has 18 heavy (non-hydrogen) atoms. The second kappa shape index (κ2) is 6.38. The minimum absolute atomic E-state index is 0.413. The molecule has 0 aromatic carbocycles. The molecule has 0 radical (unpaired) electrons. The Hall–Kier alpha value is -0.0800. The highest BCUT2D eigenvalue weighted by molar-refractivity contribution is 4.80. The monoisotopic (exact) mass is 254 g/mol. The highest BCUT2D eigenvalue weighted by atomic mass is 15.2. The van der Waals surface area contributed by atoms with Gasteiger partial charge in [-0.3, -0.25) is 9.80 Å². The molecule has 2 heteroatoms. The topological polar surface area (TPSA) is 6.48 Å². The molecule has 0 aliphatic carbocycles. The quantitative estimate of drug-likeness (QED) is 0.649. The molecule has 0 saturated carbocycles. The molecule has 0 unspecified atom stereocenters. The van der Waals surface area contributed by atoms with Crippen molar-refractivity contribution in [3.63, 3.8) is 0 Å². The van der Waals surface area contributed by atoms with E-state index in [1.807, 2.05) is 0 Å². The first-order valence-corrected chi connectivity index (χ1v) is 7.71. The van der Waals surface area contributed by atoms with Crippen LogP contribution in [0.3, 0.4) is 0 Å². The molecule has 2 aliphatic heterocycles. The lowest BCUT2D eigenvalue weighted by Crippen LogP contribution is -2.38. The molecule has 2 aliphatic rings. The van der Waals surface area contributed by atoms with Crippen molar-refractivity contribution in [2.45, 2.75) is 78.3 Å². The molecular weight excluding hydrogens is 220 g/mol. The van der Waals surface area contributed by atoms with Gasteiger partial charge in [0.2, 0.25) is 0 Å². The van der Waals surface area contributed by atoms with E-state index in [1.54, 1.807) is 0 Å². The normalized spacial score (nSPS) is 23.0. The fraction of sp³-hybridized carbons (Fsp3) is 1.00. The molecule has 0 N–H and O–H groups in total. The lowest BCUT2D eigenvalue weighted by molar-refractivity contribution is 0.175. The van der Waals surface area contributed by atoms with Gasteiger partial charge in [-0.1, -0.05) is 0 Å². The molecular formula is C16H34N2. The van der Waals surface area contributed by atoms with Crippen LogP contribution in [0, 0.1) is 0 Å². The van der Waals surface area contributed by atoms with Crippen LogP contribution in [0.1, 0.15) is 67.2 Å². The molecule has 2 rings (SSSR count). The van der Waals surface area contributed by atoms with E-state index in [2.05, 4.69) is 51.3 Å². The summed E-state index contributed by atoms with van der Waals surface area (Å²) in [5.41, 5.74) is 0.826. The zero-order valence-corrected chi connectivity index (χ0v) is 13.6. The summed E-state index contributed by atoms with van der Waals surface area (Å²) < 4.78 is 0. The molecule has 2 heterocycles. The minimum atomic E-state index is 0.413. The third-order valence-corrected chi connectivity index (χ3v) is 4.11. The summed E-state index contributed by atoms with van der Waals surface area (Å²) in [4.78, 5) is 5.10. The smallest absolute Gasteiger partial charge is 0.0125 e. The first-order chi connectivity index (χ1) is 8.21. The van der Waals surface area contributed by atoms with Crippen LogP contribution in [0.15, 0.2) is 0 Å². The van der Waals surface area contributed by atoms with Crippen LogP contribution in [0.4, 0.5) is 0 Å². The first kappa shape index (κ1) is 16.0. The molecule has 108 valence electrons. The summed E-state index contributed by atoms with van der Waals surface area (Å²) in [6.45, 7) is 19.0. The Bertz CT molecular complexity index is 196. The van der Waals surface area contributed by atoms with Gasteiger partial charge in [0.05, 0.1) is 0 Å². The van der Waals surface area contributed by atoms with E-state index in [-0.39, 0.29) is 0 Å². The largest absolute Gasteiger partial charge is 0.298 e. The maximum atomic E-state index is 2.55. The van der Waals surface area contributed by atoms with Crippen LogP contribution in [0.25, 0.3) is 0 Å². The van der Waals surface area contributed by atoms with E-state index >= 15 is 0 Å². The maximum Gasteiger partial charge on any atom is 0.0125 e. The van der Waals surface area contributed by atoms with Crippen LogP contribution in [-0.2, 0) is 0 Å². The van der Waals surface area contributed by atoms with Crippen molar-refractivity contribution >= 4 is 0 Å². The van der Waals surface area contributed by atoms with Crippen LogP contribution in [0.2, 0.25) is 0 Å². The molecule has 0 aromatic rings. The molecule has 0 aromatic heterocycles. The highest BCUT2D eigenvalue weighted by Crippen LogP contribution is 2.20. The van der Waals surface area contributed by atoms with Gasteiger partial charge in [0.15, 0.2) is 0 Å². The van der Waals surface area contributed by atoms with Gasteiger partial charge in [-0.15, -0.1) is 0 Å². The van der Waals surface area contributed by atoms with E-state index in [9.17, 15) is 0 Å². The van der Waals surface area contributed by atoms with Crippen molar-refractivity contribution in [2.75, 3.05) is 26.2 Å². The van der Waals surface area contributed by atoms with Gasteiger partial charge < -0.3 is 0 Å².